The van der Waals surface area contributed by atoms with E-state index < -0.39 is 0 Å². The van der Waals surface area contributed by atoms with Crippen molar-refractivity contribution in [1.82, 2.24) is 10.2 Å². The number of piperazine rings is 1. The molecule has 0 spiro atoms. The summed E-state index contributed by atoms with van der Waals surface area (Å²) in [6.07, 6.45) is 0. The molecule has 1 saturated heterocycles. The lowest BCUT2D eigenvalue weighted by atomic mass is 9.95. The number of esters is 1. The summed E-state index contributed by atoms with van der Waals surface area (Å²) >= 11 is 1.73. The molecule has 21 heavy (non-hydrogen) atoms. The van der Waals surface area contributed by atoms with Crippen molar-refractivity contribution in [2.24, 2.45) is 0 Å². The van der Waals surface area contributed by atoms with Gasteiger partial charge in [-0.05, 0) is 24.5 Å². The van der Waals surface area contributed by atoms with Gasteiger partial charge in [0.05, 0.1) is 6.61 Å². The minimum absolute atomic E-state index is 0.117. The first kappa shape index (κ1) is 16.5. The highest BCUT2D eigenvalue weighted by atomic mass is 32.1. The van der Waals surface area contributed by atoms with Crippen LogP contribution in [0.15, 0.2) is 12.1 Å². The Morgan fingerprint density at radius 1 is 1.38 bits per heavy atom. The zero-order valence-electron chi connectivity index (χ0n) is 13.4. The smallest absolute Gasteiger partial charge is 0.328 e. The number of carbonyl (C=O) groups is 1. The third kappa shape index (κ3) is 4.05. The molecule has 1 aromatic heterocycles. The molecule has 0 radical (unpaired) electrons. The van der Waals surface area contributed by atoms with E-state index in [1.165, 1.54) is 4.88 Å². The van der Waals surface area contributed by atoms with Crippen LogP contribution in [0.2, 0.25) is 0 Å². The topological polar surface area (TPSA) is 41.6 Å². The van der Waals surface area contributed by atoms with Crippen LogP contribution in [0.5, 0.6) is 0 Å². The zero-order chi connectivity index (χ0) is 15.5. The maximum atomic E-state index is 12.4. The minimum Gasteiger partial charge on any atom is -0.465 e. The van der Waals surface area contributed by atoms with Crippen LogP contribution in [-0.4, -0.2) is 43.7 Å². The Bertz CT molecular complexity index is 473. The van der Waals surface area contributed by atoms with Crippen molar-refractivity contribution in [2.45, 2.75) is 39.2 Å². The lowest BCUT2D eigenvalue weighted by molar-refractivity contribution is -0.150. The Kier molecular flexibility index (Phi) is 5.41. The van der Waals surface area contributed by atoms with Gasteiger partial charge in [0, 0.05) is 35.9 Å². The van der Waals surface area contributed by atoms with E-state index in [2.05, 4.69) is 43.1 Å². The van der Waals surface area contributed by atoms with E-state index in [9.17, 15) is 4.79 Å². The van der Waals surface area contributed by atoms with Crippen LogP contribution in [0, 0.1) is 0 Å². The summed E-state index contributed by atoms with van der Waals surface area (Å²) in [7, 11) is 0. The fraction of sp³-hybridized carbons (Fsp3) is 0.688. The van der Waals surface area contributed by atoms with E-state index in [1.807, 2.05) is 6.92 Å². The molecule has 0 saturated carbocycles. The van der Waals surface area contributed by atoms with Crippen LogP contribution >= 0.6 is 11.3 Å². The van der Waals surface area contributed by atoms with Gasteiger partial charge >= 0.3 is 5.97 Å². The molecule has 1 atom stereocenters. The third-order valence-electron chi connectivity index (χ3n) is 3.66. The second-order valence-electron chi connectivity index (χ2n) is 6.39. The van der Waals surface area contributed by atoms with E-state index in [-0.39, 0.29) is 17.4 Å². The summed E-state index contributed by atoms with van der Waals surface area (Å²) in [4.78, 5) is 17.1. The number of carbonyl (C=O) groups excluding carboxylic acids is 1. The van der Waals surface area contributed by atoms with Gasteiger partial charge in [-0.1, -0.05) is 20.8 Å². The first-order valence-corrected chi connectivity index (χ1v) is 8.46. The number of ether oxygens (including phenoxy) is 1. The maximum Gasteiger partial charge on any atom is 0.328 e. The molecule has 1 aliphatic heterocycles. The molecular formula is C16H26N2O2S. The summed E-state index contributed by atoms with van der Waals surface area (Å²) in [5.74, 6) is -0.123. The van der Waals surface area contributed by atoms with E-state index in [0.717, 1.165) is 31.1 Å². The molecule has 118 valence electrons. The Morgan fingerprint density at radius 2 is 2.05 bits per heavy atom. The van der Waals surface area contributed by atoms with E-state index >= 15 is 0 Å². The first-order valence-electron chi connectivity index (χ1n) is 7.65. The maximum absolute atomic E-state index is 12.4. The second kappa shape index (κ2) is 6.90. The molecular weight excluding hydrogens is 284 g/mol. The molecule has 1 aliphatic rings. The molecule has 1 fully saturated rings. The predicted molar refractivity (Wildman–Crippen MR) is 86.8 cm³/mol. The number of rotatable bonds is 4. The van der Waals surface area contributed by atoms with Gasteiger partial charge < -0.3 is 10.1 Å². The van der Waals surface area contributed by atoms with Crippen molar-refractivity contribution < 1.29 is 9.53 Å². The molecule has 0 bridgehead atoms. The van der Waals surface area contributed by atoms with Crippen molar-refractivity contribution in [3.05, 3.63) is 21.9 Å². The number of thiophene rings is 1. The number of nitrogens with one attached hydrogen (secondary N) is 1. The highest BCUT2D eigenvalue weighted by Gasteiger charge is 2.32. The van der Waals surface area contributed by atoms with Crippen molar-refractivity contribution >= 4 is 17.3 Å². The zero-order valence-corrected chi connectivity index (χ0v) is 14.3. The Balaban J connectivity index is 2.25. The second-order valence-corrected chi connectivity index (χ2v) is 7.51. The minimum atomic E-state index is -0.256. The van der Waals surface area contributed by atoms with Gasteiger partial charge in [0.1, 0.15) is 6.04 Å². The number of hydrogen-bond donors (Lipinski definition) is 1. The summed E-state index contributed by atoms with van der Waals surface area (Å²) in [5.41, 5.74) is 0.117. The van der Waals surface area contributed by atoms with Gasteiger partial charge in [-0.15, -0.1) is 11.3 Å². The van der Waals surface area contributed by atoms with E-state index in [1.54, 1.807) is 11.3 Å². The molecule has 0 aliphatic carbocycles. The van der Waals surface area contributed by atoms with Crippen LogP contribution < -0.4 is 5.32 Å². The standard InChI is InChI=1S/C16H26N2O2S/c1-5-20-15(19)14(18-10-8-17-9-11-18)12-6-7-13(21-12)16(2,3)4/h6-7,14,17H,5,8-11H2,1-4H3. The van der Waals surface area contributed by atoms with Crippen LogP contribution in [0.1, 0.15) is 43.5 Å². The summed E-state index contributed by atoms with van der Waals surface area (Å²) < 4.78 is 5.31. The van der Waals surface area contributed by atoms with Crippen molar-refractivity contribution in [3.8, 4) is 0 Å². The molecule has 1 aromatic rings. The lowest BCUT2D eigenvalue weighted by Crippen LogP contribution is -2.47. The van der Waals surface area contributed by atoms with E-state index in [4.69, 9.17) is 4.74 Å². The highest BCUT2D eigenvalue weighted by molar-refractivity contribution is 7.12. The summed E-state index contributed by atoms with van der Waals surface area (Å²) in [6, 6.07) is 3.98. The normalized spacial score (nSPS) is 18.5. The summed E-state index contributed by atoms with van der Waals surface area (Å²) in [5, 5.41) is 3.33. The van der Waals surface area contributed by atoms with Crippen LogP contribution in [0.3, 0.4) is 0 Å². The molecule has 4 nitrogen and oxygen atoms in total. The third-order valence-corrected chi connectivity index (χ3v) is 5.23. The Morgan fingerprint density at radius 3 is 2.57 bits per heavy atom. The highest BCUT2D eigenvalue weighted by Crippen LogP contribution is 2.35. The largest absolute Gasteiger partial charge is 0.465 e. The van der Waals surface area contributed by atoms with Crippen LogP contribution in [0.25, 0.3) is 0 Å². The monoisotopic (exact) mass is 310 g/mol. The predicted octanol–water partition coefficient (Wildman–Crippen LogP) is 2.56. The molecule has 1 unspecified atom stereocenters. The van der Waals surface area contributed by atoms with E-state index in [0.29, 0.717) is 6.61 Å². The van der Waals surface area contributed by atoms with Crippen LogP contribution in [0.4, 0.5) is 0 Å². The van der Waals surface area contributed by atoms with Gasteiger partial charge in [0.2, 0.25) is 0 Å². The quantitative estimate of drug-likeness (QED) is 0.868. The van der Waals surface area contributed by atoms with Gasteiger partial charge in [-0.2, -0.15) is 0 Å². The fourth-order valence-corrected chi connectivity index (χ4v) is 3.70. The average molecular weight is 310 g/mol. The fourth-order valence-electron chi connectivity index (χ4n) is 2.51. The van der Waals surface area contributed by atoms with Gasteiger partial charge in [0.15, 0.2) is 0 Å². The summed E-state index contributed by atoms with van der Waals surface area (Å²) in [6.45, 7) is 12.5. The van der Waals surface area contributed by atoms with Gasteiger partial charge in [-0.3, -0.25) is 4.90 Å². The van der Waals surface area contributed by atoms with Gasteiger partial charge in [-0.25, -0.2) is 4.79 Å². The van der Waals surface area contributed by atoms with Crippen molar-refractivity contribution in [2.75, 3.05) is 32.8 Å². The lowest BCUT2D eigenvalue weighted by Gasteiger charge is -2.32. The van der Waals surface area contributed by atoms with Crippen LogP contribution in [-0.2, 0) is 14.9 Å². The molecule has 0 amide bonds. The molecule has 2 heterocycles. The Labute approximate surface area is 131 Å². The molecule has 5 heteroatoms. The molecule has 0 aromatic carbocycles. The van der Waals surface area contributed by atoms with Gasteiger partial charge in [0.25, 0.3) is 0 Å². The number of nitrogens with zero attached hydrogens (tertiary/aromatic N) is 1. The van der Waals surface area contributed by atoms with Crippen molar-refractivity contribution in [3.63, 3.8) is 0 Å². The Hall–Kier alpha value is -0.910. The molecule has 1 N–H and O–H groups in total. The molecule has 2 rings (SSSR count). The SMILES string of the molecule is CCOC(=O)C(c1ccc(C(C)(C)C)s1)N1CCNCC1. The first-order chi connectivity index (χ1) is 9.93. The van der Waals surface area contributed by atoms with Crippen molar-refractivity contribution in [1.29, 1.82) is 0 Å². The number of hydrogen-bond acceptors (Lipinski definition) is 5. The average Bonchev–Trinajstić information content (AvgIpc) is 2.90.